The molecule has 2 atom stereocenters. The second-order valence-corrected chi connectivity index (χ2v) is 9.96. The molecule has 192 valence electrons. The van der Waals surface area contributed by atoms with Crippen LogP contribution in [-0.2, 0) is 22.6 Å². The molecule has 35 heavy (non-hydrogen) atoms. The maximum Gasteiger partial charge on any atom is 0.410 e. The van der Waals surface area contributed by atoms with Crippen molar-refractivity contribution in [2.45, 2.75) is 85.3 Å². The lowest BCUT2D eigenvalue weighted by Crippen LogP contribution is -2.52. The predicted octanol–water partition coefficient (Wildman–Crippen LogP) is 5.50. The topological polar surface area (TPSA) is 88.1 Å². The number of nitrogens with zero attached hydrogens (tertiary/aromatic N) is 1. The molecule has 2 N–H and O–H groups in total. The summed E-state index contributed by atoms with van der Waals surface area (Å²) in [6.07, 6.45) is -0.813. The van der Waals surface area contributed by atoms with E-state index in [1.165, 1.54) is 4.90 Å². The van der Waals surface area contributed by atoms with E-state index in [1.807, 2.05) is 63.2 Å². The van der Waals surface area contributed by atoms with Crippen LogP contribution >= 0.6 is 0 Å². The molecule has 7 nitrogen and oxygen atoms in total. The van der Waals surface area contributed by atoms with E-state index in [0.717, 1.165) is 28.7 Å². The number of benzene rings is 2. The molecule has 0 saturated carbocycles. The third-order valence-corrected chi connectivity index (χ3v) is 5.49. The van der Waals surface area contributed by atoms with Crippen LogP contribution in [0.1, 0.15) is 62.8 Å². The molecular formula is C28H40N2O5. The van der Waals surface area contributed by atoms with Gasteiger partial charge in [-0.1, -0.05) is 67.4 Å². The van der Waals surface area contributed by atoms with Gasteiger partial charge in [-0.3, -0.25) is 0 Å². The van der Waals surface area contributed by atoms with Crippen LogP contribution in [0.2, 0.25) is 0 Å². The van der Waals surface area contributed by atoms with E-state index in [0.29, 0.717) is 6.42 Å². The second-order valence-electron chi connectivity index (χ2n) is 9.96. The molecule has 0 aromatic heterocycles. The maximum absolute atomic E-state index is 13.2. The zero-order chi connectivity index (χ0) is 26.0. The highest BCUT2D eigenvalue weighted by Crippen LogP contribution is 2.17. The quantitative estimate of drug-likeness (QED) is 0.465. The van der Waals surface area contributed by atoms with Crippen LogP contribution in [0, 0.1) is 13.8 Å². The summed E-state index contributed by atoms with van der Waals surface area (Å²) in [5.74, 6) is 0. The van der Waals surface area contributed by atoms with Crippen LogP contribution in [0.3, 0.4) is 0 Å². The Labute approximate surface area is 209 Å². The summed E-state index contributed by atoms with van der Waals surface area (Å²) in [4.78, 5) is 27.2. The number of carbonyl (C=O) groups is 2. The summed E-state index contributed by atoms with van der Waals surface area (Å²) >= 11 is 0. The van der Waals surface area contributed by atoms with Gasteiger partial charge in [0.25, 0.3) is 0 Å². The van der Waals surface area contributed by atoms with Crippen LogP contribution < -0.4 is 5.32 Å². The van der Waals surface area contributed by atoms with Crippen LogP contribution in [0.4, 0.5) is 9.59 Å². The number of rotatable bonds is 10. The molecule has 0 aliphatic rings. The number of nitrogens with one attached hydrogen (secondary N) is 1. The fourth-order valence-electron chi connectivity index (χ4n) is 3.70. The highest BCUT2D eigenvalue weighted by molar-refractivity contribution is 5.69. The van der Waals surface area contributed by atoms with E-state index in [1.54, 1.807) is 20.8 Å². The minimum atomic E-state index is -0.851. The Hall–Kier alpha value is -3.06. The van der Waals surface area contributed by atoms with Crippen LogP contribution in [0.5, 0.6) is 0 Å². The number of alkyl carbamates (subject to hydrolysis) is 1. The monoisotopic (exact) mass is 484 g/mol. The second kappa shape index (κ2) is 13.1. The Morgan fingerprint density at radius 1 is 1.09 bits per heavy atom. The van der Waals surface area contributed by atoms with Gasteiger partial charge in [0.2, 0.25) is 0 Å². The Morgan fingerprint density at radius 2 is 1.77 bits per heavy atom. The zero-order valence-corrected chi connectivity index (χ0v) is 21.8. The zero-order valence-electron chi connectivity index (χ0n) is 21.8. The normalized spacial score (nSPS) is 13.0. The van der Waals surface area contributed by atoms with Gasteiger partial charge in [-0.25, -0.2) is 9.59 Å². The molecule has 0 radical (unpaired) electrons. The minimum absolute atomic E-state index is 0.0708. The summed E-state index contributed by atoms with van der Waals surface area (Å²) in [5, 5.41) is 13.6. The SMILES string of the molecule is CCCC(O)C(CN(Cc1ccc(C)cc1C)C(=O)OCc1ccccc1)NC(=O)OC(C)(C)C. The van der Waals surface area contributed by atoms with Crippen LogP contribution in [-0.4, -0.2) is 46.5 Å². The van der Waals surface area contributed by atoms with Crippen molar-refractivity contribution in [1.29, 1.82) is 0 Å². The average Bonchev–Trinajstić information content (AvgIpc) is 2.77. The Bertz CT molecular complexity index is 956. The van der Waals surface area contributed by atoms with Gasteiger partial charge in [-0.15, -0.1) is 0 Å². The van der Waals surface area contributed by atoms with Crippen molar-refractivity contribution in [2.24, 2.45) is 0 Å². The smallest absolute Gasteiger partial charge is 0.410 e. The first-order valence-electron chi connectivity index (χ1n) is 12.2. The number of aliphatic hydroxyl groups is 1. The molecule has 2 aromatic rings. The van der Waals surface area contributed by atoms with E-state index in [4.69, 9.17) is 9.47 Å². The molecule has 7 heteroatoms. The predicted molar refractivity (Wildman–Crippen MR) is 137 cm³/mol. The summed E-state index contributed by atoms with van der Waals surface area (Å²) in [5.41, 5.74) is 3.34. The first-order chi connectivity index (χ1) is 16.5. The summed E-state index contributed by atoms with van der Waals surface area (Å²) in [7, 11) is 0. The molecule has 2 amide bonds. The fourth-order valence-corrected chi connectivity index (χ4v) is 3.70. The summed E-state index contributed by atoms with van der Waals surface area (Å²) in [6, 6.07) is 14.8. The summed E-state index contributed by atoms with van der Waals surface area (Å²) in [6.45, 7) is 11.8. The highest BCUT2D eigenvalue weighted by Gasteiger charge is 2.29. The standard InChI is InChI=1S/C28H40N2O5/c1-7-11-25(31)24(29-26(32)35-28(4,5)6)18-30(17-23-15-14-20(2)16-21(23)3)27(33)34-19-22-12-9-8-10-13-22/h8-10,12-16,24-25,31H,7,11,17-19H2,1-6H3,(H,29,32). The Balaban J connectivity index is 2.25. The van der Waals surface area contributed by atoms with Crippen molar-refractivity contribution in [1.82, 2.24) is 10.2 Å². The van der Waals surface area contributed by atoms with Crippen molar-refractivity contribution >= 4 is 12.2 Å². The first kappa shape index (κ1) is 28.2. The number of carbonyl (C=O) groups excluding carboxylic acids is 2. The summed E-state index contributed by atoms with van der Waals surface area (Å²) < 4.78 is 11.0. The number of aliphatic hydroxyl groups excluding tert-OH is 1. The van der Waals surface area contributed by atoms with Gasteiger partial charge < -0.3 is 24.8 Å². The largest absolute Gasteiger partial charge is 0.445 e. The van der Waals surface area contributed by atoms with E-state index in [2.05, 4.69) is 11.4 Å². The fraction of sp³-hybridized carbons (Fsp3) is 0.500. The molecule has 2 unspecified atom stereocenters. The third-order valence-electron chi connectivity index (χ3n) is 5.49. The number of hydrogen-bond donors (Lipinski definition) is 2. The highest BCUT2D eigenvalue weighted by atomic mass is 16.6. The Morgan fingerprint density at radius 3 is 2.37 bits per heavy atom. The van der Waals surface area contributed by atoms with Crippen LogP contribution in [0.25, 0.3) is 0 Å². The average molecular weight is 485 g/mol. The van der Waals surface area contributed by atoms with E-state index < -0.39 is 29.9 Å². The van der Waals surface area contributed by atoms with Gasteiger partial charge in [0.05, 0.1) is 12.1 Å². The van der Waals surface area contributed by atoms with Gasteiger partial charge in [-0.05, 0) is 57.7 Å². The first-order valence-corrected chi connectivity index (χ1v) is 12.2. The van der Waals surface area contributed by atoms with Gasteiger partial charge in [0.1, 0.15) is 12.2 Å². The molecule has 0 saturated heterocycles. The maximum atomic E-state index is 13.2. The Kier molecular flexibility index (Phi) is 10.6. The van der Waals surface area contributed by atoms with Crippen molar-refractivity contribution in [2.75, 3.05) is 6.54 Å². The van der Waals surface area contributed by atoms with Gasteiger partial charge in [0, 0.05) is 13.1 Å². The van der Waals surface area contributed by atoms with E-state index in [-0.39, 0.29) is 19.7 Å². The lowest BCUT2D eigenvalue weighted by Gasteiger charge is -2.31. The molecule has 0 fully saturated rings. The van der Waals surface area contributed by atoms with Gasteiger partial charge >= 0.3 is 12.2 Å². The van der Waals surface area contributed by atoms with Crippen molar-refractivity contribution < 1.29 is 24.2 Å². The molecule has 0 aliphatic carbocycles. The van der Waals surface area contributed by atoms with Crippen molar-refractivity contribution in [3.05, 3.63) is 70.8 Å². The lowest BCUT2D eigenvalue weighted by molar-refractivity contribution is 0.0337. The molecule has 2 aromatic carbocycles. The number of aryl methyl sites for hydroxylation is 2. The number of ether oxygens (including phenoxy) is 2. The molecule has 0 aliphatic heterocycles. The van der Waals surface area contributed by atoms with E-state index in [9.17, 15) is 14.7 Å². The molecule has 0 heterocycles. The van der Waals surface area contributed by atoms with Crippen LogP contribution in [0.15, 0.2) is 48.5 Å². The van der Waals surface area contributed by atoms with E-state index >= 15 is 0 Å². The third kappa shape index (κ3) is 9.99. The van der Waals surface area contributed by atoms with Gasteiger partial charge in [0.15, 0.2) is 0 Å². The van der Waals surface area contributed by atoms with Crippen molar-refractivity contribution in [3.63, 3.8) is 0 Å². The van der Waals surface area contributed by atoms with Gasteiger partial charge in [-0.2, -0.15) is 0 Å². The molecule has 0 spiro atoms. The number of hydrogen-bond acceptors (Lipinski definition) is 5. The minimum Gasteiger partial charge on any atom is -0.445 e. The number of amides is 2. The molecule has 2 rings (SSSR count). The van der Waals surface area contributed by atoms with Crippen molar-refractivity contribution in [3.8, 4) is 0 Å². The molecule has 0 bridgehead atoms. The molecular weight excluding hydrogens is 444 g/mol. The lowest BCUT2D eigenvalue weighted by atomic mass is 10.0.